The van der Waals surface area contributed by atoms with Crippen molar-refractivity contribution in [3.8, 4) is 0 Å². The molecule has 31 heavy (non-hydrogen) atoms. The maximum absolute atomic E-state index is 10.4. The van der Waals surface area contributed by atoms with Crippen LogP contribution in [0.15, 0.2) is 47.6 Å². The fourth-order valence-corrected chi connectivity index (χ4v) is 3.77. The Hall–Kier alpha value is -2.00. The van der Waals surface area contributed by atoms with Crippen LogP contribution in [-0.4, -0.2) is 63.8 Å². The number of aliphatic hydroxyl groups is 4. The van der Waals surface area contributed by atoms with E-state index in [4.69, 9.17) is 21.2 Å². The second-order valence-corrected chi connectivity index (χ2v) is 7.98. The van der Waals surface area contributed by atoms with Crippen LogP contribution >= 0.6 is 11.6 Å². The van der Waals surface area contributed by atoms with Gasteiger partial charge in [-0.15, -0.1) is 0 Å². The highest BCUT2D eigenvalue weighted by Gasteiger charge is 2.44. The first-order valence-electron chi connectivity index (χ1n) is 10.2. The summed E-state index contributed by atoms with van der Waals surface area (Å²) in [4.78, 5) is 5.09. The van der Waals surface area contributed by atoms with Gasteiger partial charge in [0.2, 0.25) is 0 Å². The zero-order valence-electron chi connectivity index (χ0n) is 17.5. The lowest BCUT2D eigenvalue weighted by Crippen LogP contribution is -2.55. The smallest absolute Gasteiger partial charge is 0.114 e. The van der Waals surface area contributed by atoms with Crippen LogP contribution in [0.3, 0.4) is 0 Å². The number of hydrogen-bond acceptors (Lipinski definition) is 7. The van der Waals surface area contributed by atoms with Crippen molar-refractivity contribution < 1.29 is 30.0 Å². The standard InChI is InChI=1S/C23H28ClNO6/c1-3-30-25-13(2)15-6-4-14(5-7-15)10-17-11-16(8-9-18(17)24)23-22(29)21(28)20(27)19(12-26)31-23/h4-9,11,19-23,26-29H,3,10,12H2,1-2H3/b25-13+/t19-,20-,21+,22-,23+/m1/s1. The molecule has 4 N–H and O–H groups in total. The van der Waals surface area contributed by atoms with Crippen molar-refractivity contribution in [2.24, 2.45) is 5.16 Å². The van der Waals surface area contributed by atoms with Gasteiger partial charge in [-0.25, -0.2) is 0 Å². The van der Waals surface area contributed by atoms with E-state index in [-0.39, 0.29) is 0 Å². The Morgan fingerprint density at radius 3 is 2.42 bits per heavy atom. The quantitative estimate of drug-likeness (QED) is 0.381. The Labute approximate surface area is 186 Å². The number of ether oxygens (including phenoxy) is 1. The van der Waals surface area contributed by atoms with E-state index in [1.165, 1.54) is 0 Å². The molecule has 3 rings (SSSR count). The van der Waals surface area contributed by atoms with Crippen LogP contribution in [0.5, 0.6) is 0 Å². The average molecular weight is 450 g/mol. The van der Waals surface area contributed by atoms with Crippen molar-refractivity contribution >= 4 is 17.3 Å². The summed E-state index contributed by atoms with van der Waals surface area (Å²) < 4.78 is 5.66. The molecular weight excluding hydrogens is 422 g/mol. The Morgan fingerprint density at radius 2 is 1.77 bits per heavy atom. The van der Waals surface area contributed by atoms with Gasteiger partial charge in [-0.2, -0.15) is 0 Å². The van der Waals surface area contributed by atoms with E-state index in [1.54, 1.807) is 12.1 Å². The molecule has 1 aliphatic heterocycles. The molecule has 5 atom stereocenters. The molecule has 0 amide bonds. The molecule has 0 aliphatic carbocycles. The van der Waals surface area contributed by atoms with Crippen LogP contribution in [0.2, 0.25) is 5.02 Å². The number of aliphatic hydroxyl groups excluding tert-OH is 4. The molecule has 0 saturated carbocycles. The van der Waals surface area contributed by atoms with Gasteiger partial charge in [0.25, 0.3) is 0 Å². The molecule has 1 aliphatic rings. The maximum atomic E-state index is 10.4. The zero-order valence-corrected chi connectivity index (χ0v) is 18.2. The number of oxime groups is 1. The largest absolute Gasteiger partial charge is 0.396 e. The molecule has 0 aromatic heterocycles. The summed E-state index contributed by atoms with van der Waals surface area (Å²) in [6, 6.07) is 13.1. The van der Waals surface area contributed by atoms with Gasteiger partial charge >= 0.3 is 0 Å². The highest BCUT2D eigenvalue weighted by Crippen LogP contribution is 2.34. The molecule has 2 aromatic rings. The van der Waals surface area contributed by atoms with Crippen molar-refractivity contribution in [1.82, 2.24) is 0 Å². The van der Waals surface area contributed by atoms with E-state index < -0.39 is 37.1 Å². The van der Waals surface area contributed by atoms with Gasteiger partial charge < -0.3 is 30.0 Å². The molecule has 0 spiro atoms. The second-order valence-electron chi connectivity index (χ2n) is 7.57. The lowest BCUT2D eigenvalue weighted by atomic mass is 9.90. The van der Waals surface area contributed by atoms with Crippen LogP contribution in [0, 0.1) is 0 Å². The van der Waals surface area contributed by atoms with Crippen molar-refractivity contribution in [2.45, 2.75) is 50.8 Å². The number of rotatable bonds is 7. The third kappa shape index (κ3) is 5.44. The molecule has 0 unspecified atom stereocenters. The first-order valence-corrected chi connectivity index (χ1v) is 10.6. The summed E-state index contributed by atoms with van der Waals surface area (Å²) in [7, 11) is 0. The first-order chi connectivity index (χ1) is 14.8. The first kappa shape index (κ1) is 23.7. The molecule has 1 saturated heterocycles. The van der Waals surface area contributed by atoms with Crippen LogP contribution in [0.25, 0.3) is 0 Å². The Bertz CT molecular complexity index is 901. The van der Waals surface area contributed by atoms with E-state index in [9.17, 15) is 20.4 Å². The molecule has 1 fully saturated rings. The van der Waals surface area contributed by atoms with E-state index in [0.29, 0.717) is 23.6 Å². The summed E-state index contributed by atoms with van der Waals surface area (Å²) in [5, 5.41) is 44.5. The van der Waals surface area contributed by atoms with Gasteiger partial charge in [0.05, 0.1) is 12.3 Å². The lowest BCUT2D eigenvalue weighted by Gasteiger charge is -2.40. The number of nitrogens with zero attached hydrogens (tertiary/aromatic N) is 1. The maximum Gasteiger partial charge on any atom is 0.114 e. The molecular formula is C23H28ClNO6. The van der Waals surface area contributed by atoms with E-state index >= 15 is 0 Å². The van der Waals surface area contributed by atoms with Gasteiger partial charge in [-0.3, -0.25) is 0 Å². The summed E-state index contributed by atoms with van der Waals surface area (Å²) in [5.41, 5.74) is 4.20. The highest BCUT2D eigenvalue weighted by molar-refractivity contribution is 6.31. The minimum absolute atomic E-state index is 0.472. The summed E-state index contributed by atoms with van der Waals surface area (Å²) in [6.45, 7) is 3.80. The zero-order chi connectivity index (χ0) is 22.5. The summed E-state index contributed by atoms with van der Waals surface area (Å²) in [6.07, 6.45) is -5.46. The molecule has 0 bridgehead atoms. The number of hydrogen-bond donors (Lipinski definition) is 4. The fourth-order valence-electron chi connectivity index (χ4n) is 3.58. The van der Waals surface area contributed by atoms with E-state index in [2.05, 4.69) is 5.16 Å². The van der Waals surface area contributed by atoms with Crippen molar-refractivity contribution in [2.75, 3.05) is 13.2 Å². The Balaban J connectivity index is 1.80. The van der Waals surface area contributed by atoms with Crippen LogP contribution in [-0.2, 0) is 16.0 Å². The summed E-state index contributed by atoms with van der Waals surface area (Å²) in [5.74, 6) is 0. The Morgan fingerprint density at radius 1 is 1.06 bits per heavy atom. The van der Waals surface area contributed by atoms with Crippen molar-refractivity contribution in [3.05, 3.63) is 69.7 Å². The number of benzene rings is 2. The predicted molar refractivity (Wildman–Crippen MR) is 117 cm³/mol. The molecule has 168 valence electrons. The van der Waals surface area contributed by atoms with Gasteiger partial charge in [0.1, 0.15) is 37.1 Å². The van der Waals surface area contributed by atoms with Crippen molar-refractivity contribution in [1.29, 1.82) is 0 Å². The second kappa shape index (κ2) is 10.5. The monoisotopic (exact) mass is 449 g/mol. The molecule has 0 radical (unpaired) electrons. The third-order valence-electron chi connectivity index (χ3n) is 5.39. The molecule has 1 heterocycles. The third-order valence-corrected chi connectivity index (χ3v) is 5.76. The van der Waals surface area contributed by atoms with Crippen LogP contribution in [0.4, 0.5) is 0 Å². The van der Waals surface area contributed by atoms with Crippen LogP contribution in [0.1, 0.15) is 42.2 Å². The lowest BCUT2D eigenvalue weighted by molar-refractivity contribution is -0.231. The van der Waals surface area contributed by atoms with E-state index in [1.807, 2.05) is 44.2 Å². The van der Waals surface area contributed by atoms with Gasteiger partial charge in [0, 0.05) is 5.02 Å². The normalized spacial score (nSPS) is 26.7. The van der Waals surface area contributed by atoms with Gasteiger partial charge in [0.15, 0.2) is 0 Å². The fraction of sp³-hybridized carbons (Fsp3) is 0.435. The van der Waals surface area contributed by atoms with Crippen LogP contribution < -0.4 is 0 Å². The van der Waals surface area contributed by atoms with E-state index in [0.717, 1.165) is 22.4 Å². The van der Waals surface area contributed by atoms with Gasteiger partial charge in [-0.1, -0.05) is 53.2 Å². The topological polar surface area (TPSA) is 112 Å². The summed E-state index contributed by atoms with van der Waals surface area (Å²) >= 11 is 6.40. The average Bonchev–Trinajstić information content (AvgIpc) is 2.78. The molecule has 7 nitrogen and oxygen atoms in total. The van der Waals surface area contributed by atoms with Crippen molar-refractivity contribution in [3.63, 3.8) is 0 Å². The molecule has 2 aromatic carbocycles. The van der Waals surface area contributed by atoms with Gasteiger partial charge in [-0.05, 0) is 48.6 Å². The minimum atomic E-state index is -1.43. The molecule has 8 heteroatoms. The minimum Gasteiger partial charge on any atom is -0.396 e. The number of halogens is 1. The predicted octanol–water partition coefficient (Wildman–Crippen LogP) is 2.21. The highest BCUT2D eigenvalue weighted by atomic mass is 35.5. The SMILES string of the molecule is CCO/N=C(\C)c1ccc(Cc2cc([C@@H]3O[C@H](CO)[C@@H](O)[C@H](O)[C@H]3O)ccc2Cl)cc1. The Kier molecular flexibility index (Phi) is 8.05.